The summed E-state index contributed by atoms with van der Waals surface area (Å²) in [6.45, 7) is 3.88. The predicted octanol–water partition coefficient (Wildman–Crippen LogP) is 0.352. The molecule has 0 heterocycles. The van der Waals surface area contributed by atoms with E-state index in [0.29, 0.717) is 0 Å². The van der Waals surface area contributed by atoms with Crippen LogP contribution in [-0.4, -0.2) is 10.6 Å². The van der Waals surface area contributed by atoms with Gasteiger partial charge in [0.05, 0.1) is 0 Å². The number of hydrogen-bond donors (Lipinski definition) is 1. The van der Waals surface area contributed by atoms with Gasteiger partial charge in [-0.3, -0.25) is 0 Å². The average molecular weight is 116 g/mol. The lowest BCUT2D eigenvalue weighted by Gasteiger charge is -2.13. The maximum atomic E-state index is 6.65. The fraction of sp³-hybridized carbons (Fsp3) is 0.667. The van der Waals surface area contributed by atoms with Gasteiger partial charge in [0.25, 0.3) is 0 Å². The minimum atomic E-state index is -0.155. The highest BCUT2D eigenvalue weighted by atomic mass is 16.2. The van der Waals surface area contributed by atoms with Gasteiger partial charge in [-0.2, -0.15) is 0 Å². The van der Waals surface area contributed by atoms with Crippen LogP contribution in [0.25, 0.3) is 0 Å². The van der Waals surface area contributed by atoms with E-state index in [0.717, 1.165) is 6.42 Å². The lowest BCUT2D eigenvalue weighted by molar-refractivity contribution is 0.459. The Balaban J connectivity index is 3.39. The summed E-state index contributed by atoms with van der Waals surface area (Å²) in [5.41, 5.74) is 5.43. The zero-order valence-electron chi connectivity index (χ0n) is 5.44. The third-order valence-corrected chi connectivity index (χ3v) is 0.762. The standard InChI is InChI=1S/C6H13NO/c1-6(2,7)4-3-5-8/h3,5,8H,4,7H2,1-2H3/p+1/b5-3-. The largest absolute Gasteiger partial charge is 0.599 e. The van der Waals surface area contributed by atoms with E-state index in [9.17, 15) is 0 Å². The Kier molecular flexibility index (Phi) is 2.55. The Hall–Kier alpha value is -0.500. The highest BCUT2D eigenvalue weighted by Crippen LogP contribution is 2.02. The van der Waals surface area contributed by atoms with Crippen LogP contribution in [0.4, 0.5) is 0 Å². The van der Waals surface area contributed by atoms with E-state index >= 15 is 0 Å². The van der Waals surface area contributed by atoms with Crippen molar-refractivity contribution in [1.82, 2.24) is 0 Å². The molecule has 0 bridgehead atoms. The number of hydrogen-bond acceptors (Lipinski definition) is 1. The first-order chi connectivity index (χ1) is 3.56. The van der Waals surface area contributed by atoms with Gasteiger partial charge < -0.3 is 10.8 Å². The van der Waals surface area contributed by atoms with Crippen molar-refractivity contribution in [2.75, 3.05) is 0 Å². The quantitative estimate of drug-likeness (QED) is 0.411. The van der Waals surface area contributed by atoms with Gasteiger partial charge in [-0.25, -0.2) is 0 Å². The fourth-order valence-electron chi connectivity index (χ4n) is 0.363. The molecule has 0 aromatic carbocycles. The Morgan fingerprint density at radius 2 is 2.12 bits per heavy atom. The summed E-state index contributed by atoms with van der Waals surface area (Å²) in [6, 6.07) is 0. The van der Waals surface area contributed by atoms with Crippen molar-refractivity contribution in [2.45, 2.75) is 25.8 Å². The molecule has 0 aromatic rings. The lowest BCUT2D eigenvalue weighted by Crippen LogP contribution is -2.30. The molecule has 0 unspecified atom stereocenters. The summed E-state index contributed by atoms with van der Waals surface area (Å²) < 4.78 is 0. The van der Waals surface area contributed by atoms with E-state index in [1.54, 1.807) is 6.08 Å². The van der Waals surface area contributed by atoms with Gasteiger partial charge in [0.2, 0.25) is 6.26 Å². The summed E-state index contributed by atoms with van der Waals surface area (Å²) in [5.74, 6) is 0. The van der Waals surface area contributed by atoms with Crippen molar-refractivity contribution in [3.8, 4) is 0 Å². The van der Waals surface area contributed by atoms with Crippen molar-refractivity contribution >= 4 is 0 Å². The van der Waals surface area contributed by atoms with E-state index in [2.05, 4.69) is 0 Å². The topological polar surface area (TPSA) is 48.9 Å². The van der Waals surface area contributed by atoms with Crippen molar-refractivity contribution in [3.63, 3.8) is 0 Å². The van der Waals surface area contributed by atoms with Gasteiger partial charge in [-0.1, -0.05) is 0 Å². The van der Waals surface area contributed by atoms with Crippen LogP contribution in [0.1, 0.15) is 20.3 Å². The Morgan fingerprint density at radius 1 is 1.62 bits per heavy atom. The third kappa shape index (κ3) is 5.50. The third-order valence-electron chi connectivity index (χ3n) is 0.762. The summed E-state index contributed by atoms with van der Waals surface area (Å²) in [6.07, 6.45) is 3.80. The molecule has 0 saturated carbocycles. The summed E-state index contributed by atoms with van der Waals surface area (Å²) in [5, 5.41) is 6.65. The molecule has 4 N–H and O–H groups in total. The van der Waals surface area contributed by atoms with Crippen molar-refractivity contribution in [3.05, 3.63) is 12.3 Å². The highest BCUT2D eigenvalue weighted by Gasteiger charge is 2.06. The summed E-state index contributed by atoms with van der Waals surface area (Å²) in [7, 11) is 0. The van der Waals surface area contributed by atoms with Crippen LogP contribution in [0, 0.1) is 0 Å². The zero-order valence-corrected chi connectivity index (χ0v) is 5.44. The molecule has 0 fully saturated rings. The van der Waals surface area contributed by atoms with Crippen LogP contribution in [0.5, 0.6) is 0 Å². The van der Waals surface area contributed by atoms with Gasteiger partial charge in [-0.15, -0.1) is 0 Å². The SMILES string of the molecule is CC(C)(N)C/C=C\[OH2+]. The minimum absolute atomic E-state index is 0.155. The second kappa shape index (κ2) is 2.72. The molecular weight excluding hydrogens is 102 g/mol. The molecule has 0 amide bonds. The second-order valence-corrected chi connectivity index (χ2v) is 2.60. The average Bonchev–Trinajstić information content (AvgIpc) is 1.59. The molecule has 0 rings (SSSR count). The Morgan fingerprint density at radius 3 is 2.25 bits per heavy atom. The Labute approximate surface area is 50.0 Å². The van der Waals surface area contributed by atoms with Gasteiger partial charge in [0, 0.05) is 11.6 Å². The number of rotatable bonds is 2. The Bertz CT molecular complexity index is 81.0. The van der Waals surface area contributed by atoms with Crippen LogP contribution in [0.15, 0.2) is 12.3 Å². The molecule has 0 radical (unpaired) electrons. The second-order valence-electron chi connectivity index (χ2n) is 2.60. The molecule has 0 aliphatic carbocycles. The van der Waals surface area contributed by atoms with E-state index in [4.69, 9.17) is 10.8 Å². The molecule has 2 heteroatoms. The predicted molar refractivity (Wildman–Crippen MR) is 35.6 cm³/mol. The van der Waals surface area contributed by atoms with Gasteiger partial charge in [0.15, 0.2) is 0 Å². The van der Waals surface area contributed by atoms with Gasteiger partial charge in [-0.05, 0) is 20.3 Å². The summed E-state index contributed by atoms with van der Waals surface area (Å²) >= 11 is 0. The lowest BCUT2D eigenvalue weighted by atomic mass is 10.0. The molecular formula is C6H14NO+. The van der Waals surface area contributed by atoms with Gasteiger partial charge in [0.1, 0.15) is 0 Å². The van der Waals surface area contributed by atoms with Crippen molar-refractivity contribution < 1.29 is 5.11 Å². The summed E-state index contributed by atoms with van der Waals surface area (Å²) in [4.78, 5) is 0. The molecule has 0 spiro atoms. The molecule has 0 aromatic heterocycles. The molecule has 0 saturated heterocycles. The number of nitrogens with two attached hydrogens (primary N) is 1. The monoisotopic (exact) mass is 116 g/mol. The normalized spacial score (nSPS) is 12.9. The molecule has 0 aliphatic rings. The molecule has 0 aliphatic heterocycles. The first-order valence-corrected chi connectivity index (χ1v) is 2.67. The van der Waals surface area contributed by atoms with Crippen LogP contribution in [0.3, 0.4) is 0 Å². The van der Waals surface area contributed by atoms with Crippen molar-refractivity contribution in [1.29, 1.82) is 0 Å². The van der Waals surface area contributed by atoms with Gasteiger partial charge >= 0.3 is 0 Å². The molecule has 48 valence electrons. The maximum absolute atomic E-state index is 6.65. The van der Waals surface area contributed by atoms with Crippen LogP contribution < -0.4 is 5.73 Å². The smallest absolute Gasteiger partial charge is 0.212 e. The van der Waals surface area contributed by atoms with E-state index in [1.807, 2.05) is 13.8 Å². The van der Waals surface area contributed by atoms with E-state index in [1.165, 1.54) is 6.26 Å². The highest BCUT2D eigenvalue weighted by molar-refractivity contribution is 4.84. The van der Waals surface area contributed by atoms with Crippen LogP contribution in [-0.2, 0) is 0 Å². The maximum Gasteiger partial charge on any atom is 0.212 e. The fourth-order valence-corrected chi connectivity index (χ4v) is 0.363. The van der Waals surface area contributed by atoms with Crippen LogP contribution in [0.2, 0.25) is 0 Å². The first-order valence-electron chi connectivity index (χ1n) is 2.67. The molecule has 0 atom stereocenters. The zero-order chi connectivity index (χ0) is 6.62. The van der Waals surface area contributed by atoms with Crippen LogP contribution >= 0.6 is 0 Å². The molecule has 2 nitrogen and oxygen atoms in total. The van der Waals surface area contributed by atoms with Crippen molar-refractivity contribution in [2.24, 2.45) is 5.73 Å². The molecule has 8 heavy (non-hydrogen) atoms. The van der Waals surface area contributed by atoms with E-state index in [-0.39, 0.29) is 5.54 Å². The van der Waals surface area contributed by atoms with E-state index < -0.39 is 0 Å². The minimum Gasteiger partial charge on any atom is -0.599 e. The first kappa shape index (κ1) is 7.50.